The quantitative estimate of drug-likeness (QED) is 0.506. The number of guanidine groups is 1. The number of halogens is 1. The average molecular weight is 339 g/mol. The van der Waals surface area contributed by atoms with E-state index >= 15 is 0 Å². The average Bonchev–Trinajstić information content (AvgIpc) is 2.46. The van der Waals surface area contributed by atoms with E-state index < -0.39 is 11.4 Å². The van der Waals surface area contributed by atoms with E-state index in [2.05, 4.69) is 10.3 Å². The maximum Gasteiger partial charge on any atom is 0.325 e. The van der Waals surface area contributed by atoms with Crippen LogP contribution in [-0.2, 0) is 16.1 Å². The van der Waals surface area contributed by atoms with Gasteiger partial charge in [-0.15, -0.1) is 0 Å². The number of ether oxygens (including phenoxy) is 2. The summed E-state index contributed by atoms with van der Waals surface area (Å²) < 4.78 is 23.9. The third kappa shape index (κ3) is 6.44. The van der Waals surface area contributed by atoms with E-state index in [-0.39, 0.29) is 18.3 Å². The molecule has 0 atom stereocenters. The van der Waals surface area contributed by atoms with E-state index in [1.165, 1.54) is 13.2 Å². The number of hydrogen-bond acceptors (Lipinski definition) is 4. The van der Waals surface area contributed by atoms with E-state index in [9.17, 15) is 9.18 Å². The molecule has 1 rings (SSSR count). The van der Waals surface area contributed by atoms with Gasteiger partial charge < -0.3 is 19.7 Å². The molecule has 0 saturated carbocycles. The molecule has 1 aromatic carbocycles. The van der Waals surface area contributed by atoms with Crippen LogP contribution >= 0.6 is 0 Å². The fourth-order valence-corrected chi connectivity index (χ4v) is 2.07. The summed E-state index contributed by atoms with van der Waals surface area (Å²) in [6.07, 6.45) is 0. The molecule has 0 aliphatic rings. The van der Waals surface area contributed by atoms with E-state index in [4.69, 9.17) is 9.47 Å². The van der Waals surface area contributed by atoms with Crippen molar-refractivity contribution in [3.05, 3.63) is 29.6 Å². The number of methoxy groups -OCH3 is 1. The number of nitrogens with zero attached hydrogens (tertiary/aromatic N) is 2. The van der Waals surface area contributed by atoms with Gasteiger partial charge >= 0.3 is 5.97 Å². The van der Waals surface area contributed by atoms with Crippen molar-refractivity contribution >= 4 is 11.9 Å². The second-order valence-corrected chi connectivity index (χ2v) is 6.31. The highest BCUT2D eigenvalue weighted by Crippen LogP contribution is 2.18. The minimum absolute atomic E-state index is 0.00522. The maximum absolute atomic E-state index is 13.7. The Kier molecular flexibility index (Phi) is 7.00. The van der Waals surface area contributed by atoms with Gasteiger partial charge in [-0.25, -0.2) is 4.39 Å². The van der Waals surface area contributed by atoms with Gasteiger partial charge in [-0.1, -0.05) is 6.07 Å². The molecule has 7 heteroatoms. The van der Waals surface area contributed by atoms with Crippen LogP contribution in [0.3, 0.4) is 0 Å². The summed E-state index contributed by atoms with van der Waals surface area (Å²) in [7, 11) is 4.84. The van der Waals surface area contributed by atoms with Crippen LogP contribution in [0.25, 0.3) is 0 Å². The molecule has 0 radical (unpaired) electrons. The van der Waals surface area contributed by atoms with Crippen molar-refractivity contribution in [2.45, 2.75) is 32.9 Å². The zero-order valence-electron chi connectivity index (χ0n) is 15.1. The summed E-state index contributed by atoms with van der Waals surface area (Å²) in [4.78, 5) is 17.7. The summed E-state index contributed by atoms with van der Waals surface area (Å²) in [5, 5.41) is 2.93. The standard InChI is InChI=1S/C17H26FN3O3/c1-17(2,3)24-15(22)10-20-16(19-4)21(5)11-12-7-8-14(23-6)13(18)9-12/h7-9H,10-11H2,1-6H3,(H,19,20). The first kappa shape index (κ1) is 19.7. The van der Waals surface area contributed by atoms with Crippen molar-refractivity contribution in [2.75, 3.05) is 27.7 Å². The molecule has 0 spiro atoms. The molecule has 0 aromatic heterocycles. The predicted molar refractivity (Wildman–Crippen MR) is 91.6 cm³/mol. The molecule has 6 nitrogen and oxygen atoms in total. The second kappa shape index (κ2) is 8.52. The third-order valence-corrected chi connectivity index (χ3v) is 3.02. The number of carbonyl (C=O) groups is 1. The van der Waals surface area contributed by atoms with Crippen molar-refractivity contribution in [1.82, 2.24) is 10.2 Å². The molecule has 0 heterocycles. The lowest BCUT2D eigenvalue weighted by molar-refractivity contribution is -0.153. The minimum Gasteiger partial charge on any atom is -0.494 e. The molecular weight excluding hydrogens is 313 g/mol. The van der Waals surface area contributed by atoms with Crippen molar-refractivity contribution in [1.29, 1.82) is 0 Å². The van der Waals surface area contributed by atoms with Gasteiger partial charge in [0.15, 0.2) is 17.5 Å². The maximum atomic E-state index is 13.7. The highest BCUT2D eigenvalue weighted by atomic mass is 19.1. The topological polar surface area (TPSA) is 63.2 Å². The fourth-order valence-electron chi connectivity index (χ4n) is 2.07. The zero-order chi connectivity index (χ0) is 18.3. The van der Waals surface area contributed by atoms with Crippen LogP contribution in [0.5, 0.6) is 5.75 Å². The Morgan fingerprint density at radius 2 is 2.04 bits per heavy atom. The van der Waals surface area contributed by atoms with Crippen molar-refractivity contribution in [3.63, 3.8) is 0 Å². The van der Waals surface area contributed by atoms with Crippen LogP contribution in [-0.4, -0.2) is 50.2 Å². The Bertz CT molecular complexity index is 597. The van der Waals surface area contributed by atoms with E-state index in [0.717, 1.165) is 5.56 Å². The smallest absolute Gasteiger partial charge is 0.325 e. The van der Waals surface area contributed by atoms with Crippen LogP contribution < -0.4 is 10.1 Å². The molecule has 0 aliphatic carbocycles. The van der Waals surface area contributed by atoms with Gasteiger partial charge in [-0.3, -0.25) is 9.79 Å². The molecule has 1 aromatic rings. The first-order valence-corrected chi connectivity index (χ1v) is 7.62. The van der Waals surface area contributed by atoms with E-state index in [1.54, 1.807) is 31.1 Å². The van der Waals surface area contributed by atoms with Gasteiger partial charge in [0.2, 0.25) is 0 Å². The zero-order valence-corrected chi connectivity index (χ0v) is 15.1. The van der Waals surface area contributed by atoms with Crippen LogP contribution in [0.4, 0.5) is 4.39 Å². The largest absolute Gasteiger partial charge is 0.494 e. The Balaban J connectivity index is 2.62. The molecule has 0 aliphatic heterocycles. The van der Waals surface area contributed by atoms with Crippen molar-refractivity contribution in [3.8, 4) is 5.75 Å². The Labute approximate surface area is 142 Å². The van der Waals surface area contributed by atoms with Gasteiger partial charge in [0.05, 0.1) is 7.11 Å². The van der Waals surface area contributed by atoms with E-state index in [1.807, 2.05) is 20.8 Å². The Hall–Kier alpha value is -2.31. The van der Waals surface area contributed by atoms with Gasteiger partial charge in [-0.2, -0.15) is 0 Å². The number of aliphatic imine (C=N–C) groups is 1. The van der Waals surface area contributed by atoms with Crippen molar-refractivity contribution < 1.29 is 18.7 Å². The lowest BCUT2D eigenvalue weighted by atomic mass is 10.2. The highest BCUT2D eigenvalue weighted by Gasteiger charge is 2.17. The van der Waals surface area contributed by atoms with Gasteiger partial charge in [0, 0.05) is 20.6 Å². The summed E-state index contributed by atoms with van der Waals surface area (Å²) in [5.41, 5.74) is 0.227. The molecular formula is C17H26FN3O3. The highest BCUT2D eigenvalue weighted by molar-refractivity contribution is 5.84. The van der Waals surface area contributed by atoms with Crippen LogP contribution in [0.1, 0.15) is 26.3 Å². The van der Waals surface area contributed by atoms with Crippen molar-refractivity contribution in [2.24, 2.45) is 4.99 Å². The molecule has 24 heavy (non-hydrogen) atoms. The summed E-state index contributed by atoms with van der Waals surface area (Å²) in [6.45, 7) is 5.86. The molecule has 0 saturated heterocycles. The lowest BCUT2D eigenvalue weighted by Crippen LogP contribution is -2.42. The second-order valence-electron chi connectivity index (χ2n) is 6.31. The molecule has 1 N–H and O–H groups in total. The third-order valence-electron chi connectivity index (χ3n) is 3.02. The number of esters is 1. The first-order valence-electron chi connectivity index (χ1n) is 7.62. The minimum atomic E-state index is -0.533. The van der Waals surface area contributed by atoms with E-state index in [0.29, 0.717) is 12.5 Å². The molecule has 0 unspecified atom stereocenters. The number of hydrogen-bond donors (Lipinski definition) is 1. The van der Waals surface area contributed by atoms with Gasteiger partial charge in [-0.05, 0) is 38.5 Å². The molecule has 0 fully saturated rings. The molecule has 0 amide bonds. The number of carbonyl (C=O) groups excluding carboxylic acids is 1. The molecule has 134 valence electrons. The van der Waals surface area contributed by atoms with Crippen LogP contribution in [0, 0.1) is 5.82 Å². The first-order chi connectivity index (χ1) is 11.2. The normalized spacial score (nSPS) is 11.9. The predicted octanol–water partition coefficient (Wildman–Crippen LogP) is 2.18. The monoisotopic (exact) mass is 339 g/mol. The Morgan fingerprint density at radius 3 is 2.54 bits per heavy atom. The number of benzene rings is 1. The Morgan fingerprint density at radius 1 is 1.38 bits per heavy atom. The number of rotatable bonds is 5. The van der Waals surface area contributed by atoms with Gasteiger partial charge in [0.1, 0.15) is 12.1 Å². The van der Waals surface area contributed by atoms with Crippen LogP contribution in [0.15, 0.2) is 23.2 Å². The summed E-state index contributed by atoms with van der Waals surface area (Å²) in [6, 6.07) is 4.77. The van der Waals surface area contributed by atoms with Gasteiger partial charge in [0.25, 0.3) is 0 Å². The SMILES string of the molecule is CN=C(NCC(=O)OC(C)(C)C)N(C)Cc1ccc(OC)c(F)c1. The summed E-state index contributed by atoms with van der Waals surface area (Å²) >= 11 is 0. The van der Waals surface area contributed by atoms with Crippen LogP contribution in [0.2, 0.25) is 0 Å². The number of nitrogens with one attached hydrogen (secondary N) is 1. The lowest BCUT2D eigenvalue weighted by Gasteiger charge is -2.23. The fraction of sp³-hybridized carbons (Fsp3) is 0.529. The molecule has 0 bridgehead atoms. The summed E-state index contributed by atoms with van der Waals surface area (Å²) in [5.74, 6) is -0.0708.